The predicted octanol–water partition coefficient (Wildman–Crippen LogP) is 4.90. The fourth-order valence-corrected chi connectivity index (χ4v) is 4.49. The van der Waals surface area contributed by atoms with Gasteiger partial charge in [-0.1, -0.05) is 12.1 Å². The Hall–Kier alpha value is -2.95. The minimum Gasteiger partial charge on any atom is -0.486 e. The first-order valence-electron chi connectivity index (χ1n) is 10.1. The van der Waals surface area contributed by atoms with Gasteiger partial charge in [-0.2, -0.15) is 0 Å². The van der Waals surface area contributed by atoms with E-state index in [1.807, 2.05) is 55.1 Å². The number of carbonyl (C=O) groups excluding carboxylic acids is 1. The summed E-state index contributed by atoms with van der Waals surface area (Å²) in [5.74, 6) is 1.95. The van der Waals surface area contributed by atoms with Gasteiger partial charge in [0.05, 0.1) is 11.9 Å². The highest BCUT2D eigenvalue weighted by Crippen LogP contribution is 2.46. The van der Waals surface area contributed by atoms with Gasteiger partial charge in [0.25, 0.3) is 0 Å². The number of benzene rings is 2. The van der Waals surface area contributed by atoms with Gasteiger partial charge in [0, 0.05) is 24.1 Å². The second kappa shape index (κ2) is 6.83. The molecule has 0 amide bonds. The lowest BCUT2D eigenvalue weighted by atomic mass is 10.00. The van der Waals surface area contributed by atoms with E-state index in [9.17, 15) is 9.18 Å². The van der Waals surface area contributed by atoms with Crippen LogP contribution in [0.15, 0.2) is 42.6 Å². The molecule has 5 rings (SSSR count). The van der Waals surface area contributed by atoms with Crippen LogP contribution in [-0.2, 0) is 18.3 Å². The zero-order valence-corrected chi connectivity index (χ0v) is 16.6. The number of carbonyl (C=O) groups is 1. The molecule has 3 atom stereocenters. The maximum atomic E-state index is 14.8. The van der Waals surface area contributed by atoms with E-state index in [2.05, 4.69) is 4.98 Å². The van der Waals surface area contributed by atoms with E-state index in [1.54, 1.807) is 0 Å². The topological polar surface area (TPSA) is 44.1 Å². The Morgan fingerprint density at radius 3 is 2.66 bits per heavy atom. The number of fused-ring (bicyclic) bond motifs is 1. The van der Waals surface area contributed by atoms with Crippen LogP contribution in [0.1, 0.15) is 47.4 Å². The maximum Gasteiger partial charge on any atom is 0.130 e. The molecule has 148 valence electrons. The third-order valence-electron chi connectivity index (χ3n) is 6.38. The molecular formula is C24H23FN2O2. The zero-order valence-electron chi connectivity index (χ0n) is 16.6. The van der Waals surface area contributed by atoms with E-state index in [0.29, 0.717) is 11.5 Å². The Balaban J connectivity index is 1.42. The van der Waals surface area contributed by atoms with Crippen LogP contribution >= 0.6 is 0 Å². The summed E-state index contributed by atoms with van der Waals surface area (Å²) < 4.78 is 23.0. The lowest BCUT2D eigenvalue weighted by Crippen LogP contribution is -2.06. The van der Waals surface area contributed by atoms with E-state index in [4.69, 9.17) is 4.74 Å². The van der Waals surface area contributed by atoms with Crippen molar-refractivity contribution in [2.24, 2.45) is 13.0 Å². The van der Waals surface area contributed by atoms with Crippen molar-refractivity contribution in [3.05, 3.63) is 70.9 Å². The molecule has 0 unspecified atom stereocenters. The van der Waals surface area contributed by atoms with Crippen LogP contribution in [0.25, 0.3) is 11.3 Å². The highest BCUT2D eigenvalue weighted by molar-refractivity contribution is 5.67. The molecule has 2 aliphatic carbocycles. The fourth-order valence-electron chi connectivity index (χ4n) is 4.49. The molecule has 0 N–H and O–H groups in total. The van der Waals surface area contributed by atoms with Gasteiger partial charge < -0.3 is 14.1 Å². The van der Waals surface area contributed by atoms with E-state index in [1.165, 1.54) is 11.6 Å². The Morgan fingerprint density at radius 2 is 2.00 bits per heavy atom. The Kier molecular flexibility index (Phi) is 4.26. The molecule has 2 aromatic carbocycles. The zero-order chi connectivity index (χ0) is 20.1. The van der Waals surface area contributed by atoms with Gasteiger partial charge in [0.15, 0.2) is 0 Å². The molecule has 1 saturated carbocycles. The number of rotatable bonds is 5. The highest BCUT2D eigenvalue weighted by Gasteiger charge is 2.38. The summed E-state index contributed by atoms with van der Waals surface area (Å²) in [6.45, 7) is 1.96. The average molecular weight is 390 g/mol. The number of imidazole rings is 1. The summed E-state index contributed by atoms with van der Waals surface area (Å²) in [4.78, 5) is 15.3. The summed E-state index contributed by atoms with van der Waals surface area (Å²) in [6, 6.07) is 11.3. The normalized spacial score (nSPS) is 22.4. The van der Waals surface area contributed by atoms with Crippen molar-refractivity contribution in [1.29, 1.82) is 0 Å². The van der Waals surface area contributed by atoms with Crippen molar-refractivity contribution in [2.45, 2.75) is 38.2 Å². The Labute approximate surface area is 169 Å². The smallest absolute Gasteiger partial charge is 0.130 e. The van der Waals surface area contributed by atoms with Gasteiger partial charge in [-0.3, -0.25) is 0 Å². The monoisotopic (exact) mass is 390 g/mol. The van der Waals surface area contributed by atoms with Gasteiger partial charge >= 0.3 is 0 Å². The highest BCUT2D eigenvalue weighted by atomic mass is 19.1. The van der Waals surface area contributed by atoms with Crippen molar-refractivity contribution in [2.75, 3.05) is 0 Å². The number of halogens is 1. The van der Waals surface area contributed by atoms with Gasteiger partial charge in [-0.15, -0.1) is 0 Å². The molecule has 0 radical (unpaired) electrons. The quantitative estimate of drug-likeness (QED) is 0.582. The van der Waals surface area contributed by atoms with Crippen LogP contribution in [0.2, 0.25) is 0 Å². The number of aryl methyl sites for hydroxylation is 1. The first-order chi connectivity index (χ1) is 14.1. The van der Waals surface area contributed by atoms with Crippen molar-refractivity contribution in [3.8, 4) is 17.0 Å². The van der Waals surface area contributed by atoms with Crippen LogP contribution < -0.4 is 4.74 Å². The van der Waals surface area contributed by atoms with Crippen LogP contribution in [0.3, 0.4) is 0 Å². The fraction of sp³-hybridized carbons (Fsp3) is 0.333. The minimum absolute atomic E-state index is 0.159. The lowest BCUT2D eigenvalue weighted by Gasteiger charge is -2.17. The molecule has 0 saturated heterocycles. The van der Waals surface area contributed by atoms with E-state index in [-0.39, 0.29) is 17.8 Å². The second-order valence-electron chi connectivity index (χ2n) is 8.09. The van der Waals surface area contributed by atoms with Gasteiger partial charge in [0.2, 0.25) is 0 Å². The number of ether oxygens (including phenoxy) is 1. The maximum absolute atomic E-state index is 14.8. The molecule has 0 spiro atoms. The third kappa shape index (κ3) is 3.05. The van der Waals surface area contributed by atoms with E-state index in [0.717, 1.165) is 53.9 Å². The second-order valence-corrected chi connectivity index (χ2v) is 8.09. The summed E-state index contributed by atoms with van der Waals surface area (Å²) in [7, 11) is 1.98. The summed E-state index contributed by atoms with van der Waals surface area (Å²) in [5.41, 5.74) is 4.87. The average Bonchev–Trinajstić information content (AvgIpc) is 3.30. The van der Waals surface area contributed by atoms with Gasteiger partial charge in [0.1, 0.15) is 29.8 Å². The first-order valence-corrected chi connectivity index (χ1v) is 10.1. The first kappa shape index (κ1) is 18.1. The van der Waals surface area contributed by atoms with Crippen molar-refractivity contribution in [1.82, 2.24) is 9.55 Å². The molecule has 1 heterocycles. The molecule has 29 heavy (non-hydrogen) atoms. The molecule has 5 heteroatoms. The standard InChI is InChI=1S/C24H23FN2O2/c1-14-26-12-22(27(14)2)18-7-9-21(25)24-19(18)8-10-23(24)29-17-5-3-15(4-6-17)20-11-16(20)13-28/h3-7,9,12-13,16,20,23H,8,10-11H2,1-2H3/t16-,20-,23-/m1/s1. The Morgan fingerprint density at radius 1 is 1.21 bits per heavy atom. The van der Waals surface area contributed by atoms with Crippen LogP contribution in [-0.4, -0.2) is 15.8 Å². The third-order valence-corrected chi connectivity index (χ3v) is 6.38. The summed E-state index contributed by atoms with van der Waals surface area (Å²) in [6.07, 6.45) is 5.04. The van der Waals surface area contributed by atoms with Crippen molar-refractivity contribution < 1.29 is 13.9 Å². The summed E-state index contributed by atoms with van der Waals surface area (Å²) in [5, 5.41) is 0. The molecule has 1 fully saturated rings. The number of hydrogen-bond donors (Lipinski definition) is 0. The predicted molar refractivity (Wildman–Crippen MR) is 108 cm³/mol. The molecule has 0 aliphatic heterocycles. The van der Waals surface area contributed by atoms with Gasteiger partial charge in [-0.05, 0) is 67.5 Å². The Bertz CT molecular complexity index is 1090. The van der Waals surface area contributed by atoms with Crippen molar-refractivity contribution in [3.63, 3.8) is 0 Å². The molecule has 2 aliphatic rings. The van der Waals surface area contributed by atoms with E-state index >= 15 is 0 Å². The lowest BCUT2D eigenvalue weighted by molar-refractivity contribution is -0.108. The molecular weight excluding hydrogens is 367 g/mol. The van der Waals surface area contributed by atoms with Crippen molar-refractivity contribution >= 4 is 6.29 Å². The van der Waals surface area contributed by atoms with Crippen LogP contribution in [0, 0.1) is 18.7 Å². The number of aromatic nitrogens is 2. The number of hydrogen-bond acceptors (Lipinski definition) is 3. The summed E-state index contributed by atoms with van der Waals surface area (Å²) >= 11 is 0. The molecule has 1 aromatic heterocycles. The number of nitrogens with zero attached hydrogens (tertiary/aromatic N) is 2. The molecule has 0 bridgehead atoms. The van der Waals surface area contributed by atoms with Gasteiger partial charge in [-0.25, -0.2) is 9.37 Å². The van der Waals surface area contributed by atoms with E-state index < -0.39 is 0 Å². The largest absolute Gasteiger partial charge is 0.486 e. The molecule has 3 aromatic rings. The SMILES string of the molecule is Cc1ncc(-c2ccc(F)c3c2CC[C@H]3Oc2ccc([C@H]3C[C@@H]3C=O)cc2)n1C. The van der Waals surface area contributed by atoms with Crippen LogP contribution in [0.4, 0.5) is 4.39 Å². The van der Waals surface area contributed by atoms with Crippen LogP contribution in [0.5, 0.6) is 5.75 Å². The minimum atomic E-state index is -0.297. The number of aldehydes is 1. The molecule has 4 nitrogen and oxygen atoms in total.